The third-order valence-corrected chi connectivity index (χ3v) is 3.80. The Hall–Kier alpha value is -1.63. The summed E-state index contributed by atoms with van der Waals surface area (Å²) in [5.74, 6) is 2.07. The van der Waals surface area contributed by atoms with Gasteiger partial charge >= 0.3 is 0 Å². The topological polar surface area (TPSA) is 86.2 Å². The van der Waals surface area contributed by atoms with Gasteiger partial charge in [0.1, 0.15) is 0 Å². The fourth-order valence-corrected chi connectivity index (χ4v) is 2.37. The second-order valence-electron chi connectivity index (χ2n) is 5.76. The van der Waals surface area contributed by atoms with Crippen LogP contribution in [0.3, 0.4) is 0 Å². The van der Waals surface area contributed by atoms with Crippen LogP contribution in [0.4, 0.5) is 17.8 Å². The van der Waals surface area contributed by atoms with E-state index in [-0.39, 0.29) is 12.6 Å². The molecule has 1 aromatic heterocycles. The van der Waals surface area contributed by atoms with Crippen molar-refractivity contribution in [3.8, 4) is 0 Å². The number of nitrogens with one attached hydrogen (secondary N) is 2. The standard InChI is InChI=1S/C14H26N6O/c1-10(2)11(9-21)16-13-17-12(15-3)18-14(19-13)20-7-5-4-6-8-20/h10-11,21H,4-9H2,1-3H3,(H2,15,16,17,18,19)/t11-/m1/s1. The molecule has 1 saturated heterocycles. The molecule has 7 heteroatoms. The first kappa shape index (κ1) is 15.8. The van der Waals surface area contributed by atoms with Gasteiger partial charge in [-0.3, -0.25) is 0 Å². The predicted molar refractivity (Wildman–Crippen MR) is 84.8 cm³/mol. The quantitative estimate of drug-likeness (QED) is 0.729. The predicted octanol–water partition coefficient (Wildman–Crippen LogP) is 1.33. The number of aromatic nitrogens is 3. The van der Waals surface area contributed by atoms with Crippen molar-refractivity contribution in [2.45, 2.75) is 39.2 Å². The van der Waals surface area contributed by atoms with E-state index < -0.39 is 0 Å². The molecule has 2 heterocycles. The first-order valence-corrected chi connectivity index (χ1v) is 7.70. The monoisotopic (exact) mass is 294 g/mol. The van der Waals surface area contributed by atoms with Crippen molar-refractivity contribution in [2.24, 2.45) is 5.92 Å². The molecule has 1 fully saturated rings. The van der Waals surface area contributed by atoms with Gasteiger partial charge < -0.3 is 20.6 Å². The third-order valence-electron chi connectivity index (χ3n) is 3.80. The van der Waals surface area contributed by atoms with Crippen LogP contribution in [0.25, 0.3) is 0 Å². The van der Waals surface area contributed by atoms with E-state index in [0.29, 0.717) is 23.8 Å². The van der Waals surface area contributed by atoms with Gasteiger partial charge in [0.15, 0.2) is 0 Å². The van der Waals surface area contributed by atoms with E-state index in [4.69, 9.17) is 0 Å². The van der Waals surface area contributed by atoms with Crippen LogP contribution in [-0.4, -0.2) is 52.8 Å². The van der Waals surface area contributed by atoms with Crippen LogP contribution in [0, 0.1) is 5.92 Å². The van der Waals surface area contributed by atoms with Crippen LogP contribution < -0.4 is 15.5 Å². The van der Waals surface area contributed by atoms with Gasteiger partial charge in [-0.1, -0.05) is 13.8 Å². The smallest absolute Gasteiger partial charge is 0.231 e. The Morgan fingerprint density at radius 2 is 1.76 bits per heavy atom. The van der Waals surface area contributed by atoms with Gasteiger partial charge in [-0.2, -0.15) is 15.0 Å². The van der Waals surface area contributed by atoms with Crippen molar-refractivity contribution in [3.63, 3.8) is 0 Å². The second kappa shape index (κ2) is 7.40. The lowest BCUT2D eigenvalue weighted by Gasteiger charge is -2.27. The Balaban J connectivity index is 2.20. The van der Waals surface area contributed by atoms with Gasteiger partial charge in [0, 0.05) is 20.1 Å². The van der Waals surface area contributed by atoms with Gasteiger partial charge in [0.2, 0.25) is 17.8 Å². The van der Waals surface area contributed by atoms with Gasteiger partial charge in [-0.15, -0.1) is 0 Å². The van der Waals surface area contributed by atoms with E-state index >= 15 is 0 Å². The first-order valence-electron chi connectivity index (χ1n) is 7.70. The van der Waals surface area contributed by atoms with Crippen LogP contribution in [0.2, 0.25) is 0 Å². The minimum absolute atomic E-state index is 0.0529. The van der Waals surface area contributed by atoms with E-state index in [1.54, 1.807) is 7.05 Å². The first-order chi connectivity index (χ1) is 10.1. The van der Waals surface area contributed by atoms with E-state index in [2.05, 4.69) is 44.3 Å². The summed E-state index contributed by atoms with van der Waals surface area (Å²) in [5.41, 5.74) is 0. The molecule has 0 aliphatic carbocycles. The Bertz CT molecular complexity index is 447. The molecule has 0 amide bonds. The highest BCUT2D eigenvalue weighted by atomic mass is 16.3. The molecular formula is C14H26N6O. The SMILES string of the molecule is CNc1nc(N[C@H](CO)C(C)C)nc(N2CCCCC2)n1. The molecule has 21 heavy (non-hydrogen) atoms. The molecule has 1 aliphatic heterocycles. The summed E-state index contributed by atoms with van der Waals surface area (Å²) >= 11 is 0. The minimum Gasteiger partial charge on any atom is -0.394 e. The summed E-state index contributed by atoms with van der Waals surface area (Å²) in [7, 11) is 1.80. The summed E-state index contributed by atoms with van der Waals surface area (Å²) < 4.78 is 0. The molecule has 2 rings (SSSR count). The largest absolute Gasteiger partial charge is 0.394 e. The average Bonchev–Trinajstić information content (AvgIpc) is 2.52. The maximum absolute atomic E-state index is 9.44. The Morgan fingerprint density at radius 3 is 2.33 bits per heavy atom. The summed E-state index contributed by atoms with van der Waals surface area (Å²) in [5, 5.41) is 15.6. The number of anilines is 3. The molecule has 118 valence electrons. The molecule has 1 aromatic rings. The van der Waals surface area contributed by atoms with E-state index in [0.717, 1.165) is 13.1 Å². The van der Waals surface area contributed by atoms with Gasteiger partial charge in [-0.05, 0) is 25.2 Å². The van der Waals surface area contributed by atoms with Crippen molar-refractivity contribution in [1.29, 1.82) is 0 Å². The van der Waals surface area contributed by atoms with Crippen LogP contribution in [-0.2, 0) is 0 Å². The van der Waals surface area contributed by atoms with E-state index in [1.807, 2.05) is 0 Å². The zero-order valence-electron chi connectivity index (χ0n) is 13.1. The Morgan fingerprint density at radius 1 is 1.10 bits per heavy atom. The lowest BCUT2D eigenvalue weighted by Crippen LogP contribution is -2.33. The normalized spacial score (nSPS) is 16.9. The lowest BCUT2D eigenvalue weighted by atomic mass is 10.1. The molecule has 7 nitrogen and oxygen atoms in total. The number of nitrogens with zero attached hydrogens (tertiary/aromatic N) is 4. The Kier molecular flexibility index (Phi) is 5.55. The minimum atomic E-state index is -0.0636. The van der Waals surface area contributed by atoms with Crippen LogP contribution in [0.15, 0.2) is 0 Å². The fraction of sp³-hybridized carbons (Fsp3) is 0.786. The molecule has 0 radical (unpaired) electrons. The van der Waals surface area contributed by atoms with Crippen molar-refractivity contribution in [2.75, 3.05) is 42.3 Å². The average molecular weight is 294 g/mol. The molecular weight excluding hydrogens is 268 g/mol. The molecule has 3 N–H and O–H groups in total. The Labute approximate surface area is 126 Å². The highest BCUT2D eigenvalue weighted by molar-refractivity contribution is 5.44. The molecule has 0 unspecified atom stereocenters. The maximum Gasteiger partial charge on any atom is 0.231 e. The van der Waals surface area contributed by atoms with Crippen LogP contribution in [0.1, 0.15) is 33.1 Å². The van der Waals surface area contributed by atoms with Gasteiger partial charge in [0.05, 0.1) is 12.6 Å². The molecule has 0 aromatic carbocycles. The molecule has 0 saturated carbocycles. The highest BCUT2D eigenvalue weighted by Gasteiger charge is 2.18. The van der Waals surface area contributed by atoms with Gasteiger partial charge in [0.25, 0.3) is 0 Å². The zero-order valence-corrected chi connectivity index (χ0v) is 13.1. The van der Waals surface area contributed by atoms with Crippen LogP contribution >= 0.6 is 0 Å². The van der Waals surface area contributed by atoms with E-state index in [1.165, 1.54) is 19.3 Å². The van der Waals surface area contributed by atoms with Crippen LogP contribution in [0.5, 0.6) is 0 Å². The van der Waals surface area contributed by atoms with Crippen molar-refractivity contribution in [3.05, 3.63) is 0 Å². The van der Waals surface area contributed by atoms with Crippen molar-refractivity contribution in [1.82, 2.24) is 15.0 Å². The molecule has 0 bridgehead atoms. The number of hydrogen-bond donors (Lipinski definition) is 3. The van der Waals surface area contributed by atoms with Crippen molar-refractivity contribution >= 4 is 17.8 Å². The van der Waals surface area contributed by atoms with E-state index in [9.17, 15) is 5.11 Å². The highest BCUT2D eigenvalue weighted by Crippen LogP contribution is 2.19. The van der Waals surface area contributed by atoms with Crippen molar-refractivity contribution < 1.29 is 5.11 Å². The summed E-state index contributed by atoms with van der Waals surface area (Å²) in [6, 6.07) is -0.0636. The molecule has 1 atom stereocenters. The maximum atomic E-state index is 9.44. The summed E-state index contributed by atoms with van der Waals surface area (Å²) in [6.45, 7) is 6.14. The lowest BCUT2D eigenvalue weighted by molar-refractivity contribution is 0.248. The summed E-state index contributed by atoms with van der Waals surface area (Å²) in [4.78, 5) is 15.5. The molecule has 0 spiro atoms. The second-order valence-corrected chi connectivity index (χ2v) is 5.76. The number of hydrogen-bond acceptors (Lipinski definition) is 7. The number of aliphatic hydroxyl groups is 1. The number of aliphatic hydroxyl groups excluding tert-OH is 1. The summed E-state index contributed by atoms with van der Waals surface area (Å²) in [6.07, 6.45) is 3.62. The fourth-order valence-electron chi connectivity index (χ4n) is 2.37. The van der Waals surface area contributed by atoms with Gasteiger partial charge in [-0.25, -0.2) is 0 Å². The number of piperidine rings is 1. The molecule has 1 aliphatic rings. The number of rotatable bonds is 6. The third kappa shape index (κ3) is 4.17. The zero-order chi connectivity index (χ0) is 15.2.